The average molecular weight is 872 g/mol. The molecule has 0 unspecified atom stereocenters. The van der Waals surface area contributed by atoms with E-state index in [0.717, 1.165) is 11.1 Å². The Morgan fingerprint density at radius 1 is 1.08 bits per heavy atom. The van der Waals surface area contributed by atoms with E-state index in [-0.39, 0.29) is 63.6 Å². The molecule has 8 atom stereocenters. The molecular formula is C44H45N3O12S2. The molecule has 0 aliphatic carbocycles. The normalized spacial score (nSPS) is 26.7. The van der Waals surface area contributed by atoms with E-state index in [1.54, 1.807) is 0 Å². The zero-order chi connectivity index (χ0) is 43.3. The Balaban J connectivity index is 1.25. The zero-order valence-corrected chi connectivity index (χ0v) is 34.5. The summed E-state index contributed by atoms with van der Waals surface area (Å²) in [5.41, 5.74) is 1.94. The fourth-order valence-electron chi connectivity index (χ4n) is 8.01. The van der Waals surface area contributed by atoms with Crippen LogP contribution >= 0.6 is 21.6 Å². The molecule has 2 aliphatic rings. The van der Waals surface area contributed by atoms with Gasteiger partial charge < -0.3 is 55.1 Å². The number of H-pyrrole nitrogens is 1. The minimum atomic E-state index is -2.60. The molecule has 61 heavy (non-hydrogen) atoms. The number of aliphatic hydroxyl groups excluding tert-OH is 1. The molecule has 7 rings (SSSR count). The van der Waals surface area contributed by atoms with Crippen molar-refractivity contribution in [3.63, 3.8) is 0 Å². The van der Waals surface area contributed by atoms with Crippen LogP contribution in [-0.4, -0.2) is 98.1 Å². The number of nitrogens with one attached hydrogen (secondary N) is 2. The number of allylic oxidation sites excluding steroid dienone is 1. The van der Waals surface area contributed by atoms with Crippen LogP contribution in [0.4, 0.5) is 0 Å². The molecule has 2 aromatic heterocycles. The number of primary amides is 1. The van der Waals surface area contributed by atoms with E-state index >= 15 is 0 Å². The number of rotatable bonds is 11. The number of phenolic OH excluding ortho intramolecular Hbond substituents is 1. The van der Waals surface area contributed by atoms with Crippen LogP contribution < -0.4 is 21.2 Å². The van der Waals surface area contributed by atoms with Gasteiger partial charge in [-0.15, -0.1) is 0 Å². The van der Waals surface area contributed by atoms with E-state index in [1.165, 1.54) is 64.1 Å². The van der Waals surface area contributed by atoms with E-state index in [0.29, 0.717) is 18.7 Å². The molecule has 1 amide bonds. The summed E-state index contributed by atoms with van der Waals surface area (Å²) in [6.07, 6.45) is 2.62. The largest absolute Gasteiger partial charge is 0.508 e. The number of carboxylic acid groups (broad SMARTS) is 1. The number of aldehydes is 1. The van der Waals surface area contributed by atoms with Crippen LogP contribution in [-0.2, 0) is 19.1 Å². The zero-order valence-electron chi connectivity index (χ0n) is 32.8. The predicted molar refractivity (Wildman–Crippen MR) is 230 cm³/mol. The quantitative estimate of drug-likeness (QED) is 0.0689. The van der Waals surface area contributed by atoms with Crippen molar-refractivity contribution in [2.45, 2.75) is 49.0 Å². The van der Waals surface area contributed by atoms with Crippen molar-refractivity contribution in [2.24, 2.45) is 17.6 Å². The number of hydrogen-bond donors (Lipinski definition) is 7. The summed E-state index contributed by atoms with van der Waals surface area (Å²) < 4.78 is 23.9. The number of fused-ring (bicyclic) bond motifs is 2. The third-order valence-electron chi connectivity index (χ3n) is 11.3. The van der Waals surface area contributed by atoms with Crippen LogP contribution in [0.1, 0.15) is 40.9 Å². The second kappa shape index (κ2) is 18.7. The highest BCUT2D eigenvalue weighted by Gasteiger charge is 2.69. The van der Waals surface area contributed by atoms with E-state index in [4.69, 9.17) is 24.4 Å². The topological polar surface area (TPSA) is 244 Å². The van der Waals surface area contributed by atoms with Gasteiger partial charge in [0.15, 0.2) is 23.6 Å². The average Bonchev–Trinajstić information content (AvgIpc) is 3.78. The number of aromatic nitrogens is 1. The first-order chi connectivity index (χ1) is 29.4. The maximum Gasteiger partial charge on any atom is 0.335 e. The fourth-order valence-corrected chi connectivity index (χ4v) is 10.1. The van der Waals surface area contributed by atoms with Crippen molar-refractivity contribution in [3.05, 3.63) is 124 Å². The number of aliphatic carboxylic acids is 1. The minimum absolute atomic E-state index is 0.00561. The Morgan fingerprint density at radius 3 is 2.54 bits per heavy atom. The molecule has 5 aromatic rings. The van der Waals surface area contributed by atoms with E-state index in [2.05, 4.69) is 29.4 Å². The molecule has 8 N–H and O–H groups in total. The van der Waals surface area contributed by atoms with E-state index < -0.39 is 59.3 Å². The number of carbonyl (C=O) groups is 3. The minimum Gasteiger partial charge on any atom is -0.508 e. The Morgan fingerprint density at radius 2 is 1.85 bits per heavy atom. The lowest BCUT2D eigenvalue weighted by Crippen LogP contribution is -2.80. The number of β-amino-alcohol motifs (C(OH)–C–C–N with tert-alkyl or cyclic N) is 1. The molecule has 0 spiro atoms. The molecule has 0 saturated carbocycles. The van der Waals surface area contributed by atoms with Crippen LogP contribution in [0, 0.1) is 11.8 Å². The van der Waals surface area contributed by atoms with Gasteiger partial charge in [0, 0.05) is 30.8 Å². The van der Waals surface area contributed by atoms with E-state index in [1.807, 2.05) is 48.8 Å². The Kier molecular flexibility index (Phi) is 13.4. The second-order valence-electron chi connectivity index (χ2n) is 15.1. The van der Waals surface area contributed by atoms with Gasteiger partial charge in [-0.25, -0.2) is 4.79 Å². The smallest absolute Gasteiger partial charge is 0.335 e. The Bertz CT molecular complexity index is 2430. The SMILES string of the molecule is C[C@H](C/C=C/c1ccccc1)[C@@H]1CNC[C@]2(O)[C@H](Oc3ccc4c(=O)c(-c5ccc(O)cc5)c(C(N)=O)oc4c3)O[C@H](C(=O)O)[C@@H](O)[C@]2(C=O)OCSSC[C@@H]1c1cc[nH]c1. The highest BCUT2D eigenvalue weighted by molar-refractivity contribution is 8.76. The lowest BCUT2D eigenvalue weighted by molar-refractivity contribution is -0.340. The second-order valence-corrected chi connectivity index (χ2v) is 17.5. The van der Waals surface area contributed by atoms with Gasteiger partial charge in [-0.05, 0) is 77.7 Å². The summed E-state index contributed by atoms with van der Waals surface area (Å²) in [4.78, 5) is 55.4. The summed E-state index contributed by atoms with van der Waals surface area (Å²) in [7, 11) is 2.71. The Labute approximate surface area is 357 Å². The standard InChI is InChI=1S/C44H45N3O12S2/c1-25(6-5-9-26-7-3-2-4-8-26)32-20-47-22-43(55)42(59-38(41(53)54)39(51)44(43,23-48)56-24-61-60-21-33(32)28-16-17-46-19-28)57-30-14-15-31-34(18-30)58-37(40(45)52)35(36(31)50)27-10-12-29(49)13-11-27/h2-5,7-19,23,25,32-33,38-39,42,46-47,49,51,55H,6,20-22,24H2,1H3,(H2,45,52)(H,53,54)/b9-5+/t25-,32+,33-,38+,39-,42-,43+,44+/m1/s1. The monoisotopic (exact) mass is 871 g/mol. The molecule has 15 nitrogen and oxygen atoms in total. The lowest BCUT2D eigenvalue weighted by Gasteiger charge is -2.53. The predicted octanol–water partition coefficient (Wildman–Crippen LogP) is 4.91. The number of phenols is 1. The first-order valence-corrected chi connectivity index (χ1v) is 21.9. The Hall–Kier alpha value is -5.40. The first kappa shape index (κ1) is 43.7. The van der Waals surface area contributed by atoms with Crippen LogP contribution in [0.15, 0.2) is 107 Å². The maximum atomic E-state index is 13.8. The summed E-state index contributed by atoms with van der Waals surface area (Å²) in [6.45, 7) is 1.96. The van der Waals surface area contributed by atoms with Gasteiger partial charge in [0.2, 0.25) is 17.5 Å². The van der Waals surface area contributed by atoms with Gasteiger partial charge in [-0.2, -0.15) is 0 Å². The van der Waals surface area contributed by atoms with Crippen molar-refractivity contribution < 1.29 is 53.4 Å². The molecular weight excluding hydrogens is 827 g/mol. The fraction of sp³-hybridized carbons (Fsp3) is 0.318. The van der Waals surface area contributed by atoms with Crippen molar-refractivity contribution in [1.82, 2.24) is 10.3 Å². The van der Waals surface area contributed by atoms with Crippen molar-refractivity contribution in [1.29, 1.82) is 0 Å². The number of aromatic amines is 1. The van der Waals surface area contributed by atoms with Gasteiger partial charge in [-0.3, -0.25) is 14.4 Å². The van der Waals surface area contributed by atoms with E-state index in [9.17, 15) is 39.6 Å². The first-order valence-electron chi connectivity index (χ1n) is 19.4. The van der Waals surface area contributed by atoms with Gasteiger partial charge >= 0.3 is 5.97 Å². The lowest BCUT2D eigenvalue weighted by atomic mass is 9.73. The molecule has 0 bridgehead atoms. The number of hydrogen-bond acceptors (Lipinski definition) is 14. The number of amides is 1. The molecule has 320 valence electrons. The van der Waals surface area contributed by atoms with Crippen molar-refractivity contribution in [2.75, 3.05) is 24.8 Å². The van der Waals surface area contributed by atoms with Gasteiger partial charge in [0.05, 0.1) is 10.9 Å². The van der Waals surface area contributed by atoms with Gasteiger partial charge in [-0.1, -0.05) is 83.1 Å². The third kappa shape index (κ3) is 8.86. The maximum absolute atomic E-state index is 13.8. The van der Waals surface area contributed by atoms with Crippen LogP contribution in [0.25, 0.3) is 28.2 Å². The number of aliphatic hydroxyl groups is 2. The highest BCUT2D eigenvalue weighted by atomic mass is 33.1. The molecule has 2 aliphatic heterocycles. The summed E-state index contributed by atoms with van der Waals surface area (Å²) in [6, 6.07) is 21.4. The van der Waals surface area contributed by atoms with Crippen molar-refractivity contribution >= 4 is 56.8 Å². The summed E-state index contributed by atoms with van der Waals surface area (Å²) in [5, 5.41) is 47.7. The molecule has 0 radical (unpaired) electrons. The number of carboxylic acids is 1. The molecule has 3 aromatic carbocycles. The number of carbonyl (C=O) groups excluding carboxylic acids is 2. The molecule has 17 heteroatoms. The number of nitrogens with two attached hydrogens (primary N) is 1. The van der Waals surface area contributed by atoms with Crippen LogP contribution in [0.2, 0.25) is 0 Å². The molecule has 2 fully saturated rings. The van der Waals surface area contributed by atoms with Crippen molar-refractivity contribution in [3.8, 4) is 22.6 Å². The summed E-state index contributed by atoms with van der Waals surface area (Å²) in [5.74, 6) is -2.94. The third-order valence-corrected chi connectivity index (χ3v) is 13.4. The molecule has 4 heterocycles. The van der Waals surface area contributed by atoms with Gasteiger partial charge in [0.25, 0.3) is 5.91 Å². The molecule has 2 saturated heterocycles. The highest BCUT2D eigenvalue weighted by Crippen LogP contribution is 2.44. The van der Waals surface area contributed by atoms with Crippen LogP contribution in [0.5, 0.6) is 11.5 Å². The number of ether oxygens (including phenoxy) is 3. The number of benzene rings is 3. The summed E-state index contributed by atoms with van der Waals surface area (Å²) >= 11 is 0. The number of aromatic hydroxyl groups is 1. The van der Waals surface area contributed by atoms with Crippen LogP contribution in [0.3, 0.4) is 0 Å². The van der Waals surface area contributed by atoms with Gasteiger partial charge in [0.1, 0.15) is 29.1 Å².